The van der Waals surface area contributed by atoms with Gasteiger partial charge in [-0.05, 0) is 47.2 Å². The molecule has 2 rings (SSSR count). The van der Waals surface area contributed by atoms with Crippen molar-refractivity contribution in [3.05, 3.63) is 69.5 Å². The van der Waals surface area contributed by atoms with Crippen molar-refractivity contribution in [3.8, 4) is 0 Å². The summed E-state index contributed by atoms with van der Waals surface area (Å²) in [5.41, 5.74) is 4.88. The van der Waals surface area contributed by atoms with Gasteiger partial charge < -0.3 is 0 Å². The summed E-state index contributed by atoms with van der Waals surface area (Å²) in [6, 6.07) is 11.4. The molecule has 3 heteroatoms. The maximum absolute atomic E-state index is 13.2. The smallest absolute Gasteiger partial charge is 0.141 e. The first-order valence-corrected chi connectivity index (χ1v) is 8.06. The lowest BCUT2D eigenvalue weighted by molar-refractivity contribution is 0.627. The Balaban J connectivity index is 2.37. The molecule has 0 spiro atoms. The van der Waals surface area contributed by atoms with Gasteiger partial charge in [-0.1, -0.05) is 65.6 Å². The van der Waals surface area contributed by atoms with E-state index >= 15 is 0 Å². The van der Waals surface area contributed by atoms with Crippen LogP contribution in [0.2, 0.25) is 5.02 Å². The van der Waals surface area contributed by atoms with Crippen molar-refractivity contribution in [1.82, 2.24) is 0 Å². The topological polar surface area (TPSA) is 0 Å². The molecule has 2 aromatic carbocycles. The number of hydrogen-bond acceptors (Lipinski definition) is 0. The van der Waals surface area contributed by atoms with Gasteiger partial charge >= 0.3 is 0 Å². The monoisotopic (exact) mass is 354 g/mol. The summed E-state index contributed by atoms with van der Waals surface area (Å²) in [7, 11) is 0. The summed E-state index contributed by atoms with van der Waals surface area (Å²) in [6.45, 7) is 4.33. The van der Waals surface area contributed by atoms with Crippen molar-refractivity contribution in [1.29, 1.82) is 0 Å². The van der Waals surface area contributed by atoms with E-state index in [1.165, 1.54) is 22.8 Å². The highest BCUT2D eigenvalue weighted by Gasteiger charge is 2.13. The highest BCUT2D eigenvalue weighted by Crippen LogP contribution is 2.33. The van der Waals surface area contributed by atoms with Crippen molar-refractivity contribution >= 4 is 27.5 Å². The van der Waals surface area contributed by atoms with Crippen LogP contribution < -0.4 is 0 Å². The zero-order chi connectivity index (χ0) is 14.7. The van der Waals surface area contributed by atoms with Gasteiger partial charge in [0.25, 0.3) is 0 Å². The fourth-order valence-corrected chi connectivity index (χ4v) is 3.10. The van der Waals surface area contributed by atoms with Gasteiger partial charge in [-0.25, -0.2) is 4.39 Å². The zero-order valence-corrected chi connectivity index (χ0v) is 13.9. The van der Waals surface area contributed by atoms with Gasteiger partial charge in [-0.15, -0.1) is 0 Å². The van der Waals surface area contributed by atoms with E-state index in [0.29, 0.717) is 0 Å². The van der Waals surface area contributed by atoms with Crippen LogP contribution in [0.3, 0.4) is 0 Å². The van der Waals surface area contributed by atoms with Crippen molar-refractivity contribution in [2.75, 3.05) is 0 Å². The molecule has 0 bridgehead atoms. The minimum atomic E-state index is -0.384. The van der Waals surface area contributed by atoms with Gasteiger partial charge in [0.2, 0.25) is 0 Å². The maximum Gasteiger partial charge on any atom is 0.141 e. The molecule has 1 unspecified atom stereocenters. The van der Waals surface area contributed by atoms with Crippen LogP contribution in [0, 0.1) is 5.82 Å². The van der Waals surface area contributed by atoms with E-state index in [4.69, 9.17) is 11.6 Å². The Morgan fingerprint density at radius 2 is 1.60 bits per heavy atom. The highest BCUT2D eigenvalue weighted by atomic mass is 79.9. The molecule has 0 saturated heterocycles. The summed E-state index contributed by atoms with van der Waals surface area (Å²) in [6.07, 6.45) is 2.06. The fourth-order valence-electron chi connectivity index (χ4n) is 2.34. The van der Waals surface area contributed by atoms with E-state index < -0.39 is 0 Å². The Kier molecular flexibility index (Phi) is 5.22. The highest BCUT2D eigenvalue weighted by molar-refractivity contribution is 9.09. The van der Waals surface area contributed by atoms with Crippen molar-refractivity contribution in [3.63, 3.8) is 0 Å². The molecule has 1 atom stereocenters. The first kappa shape index (κ1) is 15.5. The van der Waals surface area contributed by atoms with Gasteiger partial charge in [0.15, 0.2) is 0 Å². The quantitative estimate of drug-likeness (QED) is 0.582. The molecule has 0 amide bonds. The Labute approximate surface area is 133 Å². The first-order chi connectivity index (χ1) is 9.56. The second-order valence-electron chi connectivity index (χ2n) is 4.77. The molecule has 0 saturated carbocycles. The van der Waals surface area contributed by atoms with Crippen molar-refractivity contribution < 1.29 is 4.39 Å². The standard InChI is InChI=1S/C17H17BrClF/c1-3-11-5-6-13(9-12(11)4-2)17(18)14-7-8-16(20)15(19)10-14/h5-10,17H,3-4H2,1-2H3. The first-order valence-electron chi connectivity index (χ1n) is 6.77. The van der Waals surface area contributed by atoms with E-state index in [2.05, 4.69) is 48.0 Å². The fraction of sp³-hybridized carbons (Fsp3) is 0.294. The SMILES string of the molecule is CCc1ccc(C(Br)c2ccc(F)c(Cl)c2)cc1CC. The van der Waals surface area contributed by atoms with E-state index in [1.807, 2.05) is 0 Å². The number of hydrogen-bond donors (Lipinski definition) is 0. The molecule has 0 aliphatic carbocycles. The maximum atomic E-state index is 13.2. The van der Waals surface area contributed by atoms with Gasteiger partial charge in [0.05, 0.1) is 9.85 Å². The molecule has 0 aliphatic rings. The summed E-state index contributed by atoms with van der Waals surface area (Å²) < 4.78 is 13.2. The third-order valence-electron chi connectivity index (χ3n) is 3.52. The van der Waals surface area contributed by atoms with Crippen molar-refractivity contribution in [2.45, 2.75) is 31.5 Å². The second kappa shape index (κ2) is 6.73. The zero-order valence-electron chi connectivity index (χ0n) is 11.6. The van der Waals surface area contributed by atoms with Gasteiger partial charge in [-0.2, -0.15) is 0 Å². The van der Waals surface area contributed by atoms with Crippen LogP contribution in [0.25, 0.3) is 0 Å². The number of alkyl halides is 1. The van der Waals surface area contributed by atoms with Crippen molar-refractivity contribution in [2.24, 2.45) is 0 Å². The lowest BCUT2D eigenvalue weighted by atomic mass is 9.96. The molecule has 0 aliphatic heterocycles. The number of halogens is 3. The van der Waals surface area contributed by atoms with E-state index in [1.54, 1.807) is 12.1 Å². The predicted octanol–water partition coefficient (Wildman–Crippen LogP) is 6.09. The normalized spacial score (nSPS) is 12.4. The second-order valence-corrected chi connectivity index (χ2v) is 6.09. The van der Waals surface area contributed by atoms with Gasteiger partial charge in [-0.3, -0.25) is 0 Å². The summed E-state index contributed by atoms with van der Waals surface area (Å²) in [5.74, 6) is -0.384. The van der Waals surface area contributed by atoms with E-state index in [-0.39, 0.29) is 15.7 Å². The summed E-state index contributed by atoms with van der Waals surface area (Å²) in [5, 5.41) is 0.160. The molecule has 2 aromatic rings. The summed E-state index contributed by atoms with van der Waals surface area (Å²) >= 11 is 9.54. The molecule has 0 fully saturated rings. The Morgan fingerprint density at radius 1 is 1.00 bits per heavy atom. The lowest BCUT2D eigenvalue weighted by Crippen LogP contribution is -1.98. The van der Waals surface area contributed by atoms with Crippen LogP contribution in [0.15, 0.2) is 36.4 Å². The number of benzene rings is 2. The molecule has 0 radical (unpaired) electrons. The minimum Gasteiger partial charge on any atom is -0.205 e. The molecule has 0 heterocycles. The van der Waals surface area contributed by atoms with Crippen LogP contribution >= 0.6 is 27.5 Å². The van der Waals surface area contributed by atoms with Crippen LogP contribution in [-0.4, -0.2) is 0 Å². The molecular weight excluding hydrogens is 339 g/mol. The number of aryl methyl sites for hydroxylation is 2. The molecular formula is C17H17BrClF. The Hall–Kier alpha value is -0.860. The average molecular weight is 356 g/mol. The van der Waals surface area contributed by atoms with Gasteiger partial charge in [0.1, 0.15) is 5.82 Å². The molecule has 0 nitrogen and oxygen atoms in total. The molecule has 0 aromatic heterocycles. The third-order valence-corrected chi connectivity index (χ3v) is 4.87. The van der Waals surface area contributed by atoms with Crippen LogP contribution in [0.5, 0.6) is 0 Å². The van der Waals surface area contributed by atoms with Crippen LogP contribution in [0.4, 0.5) is 4.39 Å². The lowest BCUT2D eigenvalue weighted by Gasteiger charge is -2.14. The van der Waals surface area contributed by atoms with Gasteiger partial charge in [0, 0.05) is 0 Å². The van der Waals surface area contributed by atoms with E-state index in [9.17, 15) is 4.39 Å². The summed E-state index contributed by atoms with van der Waals surface area (Å²) in [4.78, 5) is 0.0248. The average Bonchev–Trinajstić information content (AvgIpc) is 2.48. The third kappa shape index (κ3) is 3.24. The number of rotatable bonds is 4. The molecule has 20 heavy (non-hydrogen) atoms. The minimum absolute atomic E-state index is 0.0248. The van der Waals surface area contributed by atoms with Crippen LogP contribution in [-0.2, 0) is 12.8 Å². The Morgan fingerprint density at radius 3 is 2.20 bits per heavy atom. The molecule has 106 valence electrons. The van der Waals surface area contributed by atoms with E-state index in [0.717, 1.165) is 18.4 Å². The Bertz CT molecular complexity index is 610. The van der Waals surface area contributed by atoms with Crippen LogP contribution in [0.1, 0.15) is 40.9 Å². The predicted molar refractivity (Wildman–Crippen MR) is 87.4 cm³/mol. The largest absolute Gasteiger partial charge is 0.205 e. The molecule has 0 N–H and O–H groups in total.